The lowest BCUT2D eigenvalue weighted by Crippen LogP contribution is -2.28. The standard InChI is InChI=1S/C13H16N4O/c1-16-6-7-18-13-9(4-3-5-11(13)16)10-8-12(14)17(2)15-10/h3-5,8H,6-7,14H2,1-2H3. The van der Waals surface area contributed by atoms with Gasteiger partial charge in [-0.15, -0.1) is 0 Å². The van der Waals surface area contributed by atoms with E-state index in [-0.39, 0.29) is 0 Å². The van der Waals surface area contributed by atoms with Crippen LogP contribution in [-0.4, -0.2) is 30.0 Å². The van der Waals surface area contributed by atoms with Crippen LogP contribution in [0.3, 0.4) is 0 Å². The molecule has 0 aliphatic carbocycles. The molecular weight excluding hydrogens is 228 g/mol. The number of hydrogen-bond acceptors (Lipinski definition) is 4. The summed E-state index contributed by atoms with van der Waals surface area (Å²) in [4.78, 5) is 2.19. The van der Waals surface area contributed by atoms with Crippen LogP contribution in [0.4, 0.5) is 11.5 Å². The molecule has 0 fully saturated rings. The number of nitrogen functional groups attached to an aromatic ring is 1. The maximum Gasteiger partial charge on any atom is 0.152 e. The molecule has 18 heavy (non-hydrogen) atoms. The van der Waals surface area contributed by atoms with Gasteiger partial charge >= 0.3 is 0 Å². The summed E-state index contributed by atoms with van der Waals surface area (Å²) in [5.41, 5.74) is 8.77. The summed E-state index contributed by atoms with van der Waals surface area (Å²) >= 11 is 0. The average Bonchev–Trinajstić information content (AvgIpc) is 2.69. The number of rotatable bonds is 1. The van der Waals surface area contributed by atoms with Crippen molar-refractivity contribution in [1.82, 2.24) is 9.78 Å². The van der Waals surface area contributed by atoms with Gasteiger partial charge in [0.1, 0.15) is 12.4 Å². The molecule has 0 spiro atoms. The van der Waals surface area contributed by atoms with Crippen LogP contribution in [0.2, 0.25) is 0 Å². The summed E-state index contributed by atoms with van der Waals surface area (Å²) in [6, 6.07) is 7.96. The minimum Gasteiger partial charge on any atom is -0.489 e. The van der Waals surface area contributed by atoms with E-state index in [0.29, 0.717) is 12.4 Å². The maximum atomic E-state index is 5.83. The minimum atomic E-state index is 0.645. The van der Waals surface area contributed by atoms with Crippen LogP contribution in [-0.2, 0) is 7.05 Å². The fourth-order valence-corrected chi connectivity index (χ4v) is 2.20. The second-order valence-corrected chi connectivity index (χ2v) is 4.50. The molecule has 5 heteroatoms. The first-order valence-electron chi connectivity index (χ1n) is 5.93. The van der Waals surface area contributed by atoms with Gasteiger partial charge in [0, 0.05) is 25.7 Å². The minimum absolute atomic E-state index is 0.645. The number of benzene rings is 1. The van der Waals surface area contributed by atoms with Crippen LogP contribution >= 0.6 is 0 Å². The predicted molar refractivity (Wildman–Crippen MR) is 71.8 cm³/mol. The molecule has 0 saturated carbocycles. The number of aryl methyl sites for hydroxylation is 1. The molecule has 5 nitrogen and oxygen atoms in total. The van der Waals surface area contributed by atoms with Gasteiger partial charge in [0.05, 0.1) is 17.9 Å². The highest BCUT2D eigenvalue weighted by atomic mass is 16.5. The number of hydrogen-bond donors (Lipinski definition) is 1. The highest BCUT2D eigenvalue weighted by Gasteiger charge is 2.20. The monoisotopic (exact) mass is 244 g/mol. The van der Waals surface area contributed by atoms with Gasteiger partial charge in [0.2, 0.25) is 0 Å². The molecular formula is C13H16N4O. The van der Waals surface area contributed by atoms with Crippen LogP contribution in [0.1, 0.15) is 0 Å². The second kappa shape index (κ2) is 3.94. The van der Waals surface area contributed by atoms with E-state index in [1.54, 1.807) is 4.68 Å². The van der Waals surface area contributed by atoms with Crippen molar-refractivity contribution in [2.24, 2.45) is 7.05 Å². The molecule has 0 bridgehead atoms. The van der Waals surface area contributed by atoms with Gasteiger partial charge < -0.3 is 15.4 Å². The van der Waals surface area contributed by atoms with Gasteiger partial charge in [-0.05, 0) is 12.1 Å². The van der Waals surface area contributed by atoms with E-state index in [1.165, 1.54) is 0 Å². The second-order valence-electron chi connectivity index (χ2n) is 4.50. The lowest BCUT2D eigenvalue weighted by molar-refractivity contribution is 0.312. The van der Waals surface area contributed by atoms with Crippen molar-refractivity contribution >= 4 is 11.5 Å². The quantitative estimate of drug-likeness (QED) is 0.826. The predicted octanol–water partition coefficient (Wildman–Crippen LogP) is 1.50. The summed E-state index contributed by atoms with van der Waals surface area (Å²) in [7, 11) is 3.90. The summed E-state index contributed by atoms with van der Waals surface area (Å²) in [5, 5.41) is 4.41. The lowest BCUT2D eigenvalue weighted by Gasteiger charge is -2.28. The summed E-state index contributed by atoms with van der Waals surface area (Å²) < 4.78 is 7.46. The number of ether oxygens (including phenoxy) is 1. The molecule has 3 rings (SSSR count). The van der Waals surface area contributed by atoms with Crippen molar-refractivity contribution in [3.05, 3.63) is 24.3 Å². The van der Waals surface area contributed by atoms with Gasteiger partial charge in [-0.3, -0.25) is 4.68 Å². The van der Waals surface area contributed by atoms with Crippen LogP contribution in [0.25, 0.3) is 11.3 Å². The molecule has 1 aromatic carbocycles. The number of para-hydroxylation sites is 1. The first-order chi connectivity index (χ1) is 8.66. The highest BCUT2D eigenvalue weighted by molar-refractivity contribution is 5.78. The van der Waals surface area contributed by atoms with Crippen molar-refractivity contribution in [1.29, 1.82) is 0 Å². The Morgan fingerprint density at radius 2 is 2.17 bits per heavy atom. The van der Waals surface area contributed by atoms with Crippen molar-refractivity contribution < 1.29 is 4.74 Å². The molecule has 0 radical (unpaired) electrons. The Labute approximate surface area is 106 Å². The molecule has 0 saturated heterocycles. The van der Waals surface area contributed by atoms with E-state index >= 15 is 0 Å². The van der Waals surface area contributed by atoms with Gasteiger partial charge in [0.25, 0.3) is 0 Å². The number of nitrogens with two attached hydrogens (primary N) is 1. The fraction of sp³-hybridized carbons (Fsp3) is 0.308. The van der Waals surface area contributed by atoms with Crippen molar-refractivity contribution in [2.75, 3.05) is 30.8 Å². The van der Waals surface area contributed by atoms with Gasteiger partial charge in [0.15, 0.2) is 5.75 Å². The number of likely N-dealkylation sites (N-methyl/N-ethyl adjacent to an activating group) is 1. The zero-order valence-electron chi connectivity index (χ0n) is 10.6. The van der Waals surface area contributed by atoms with E-state index < -0.39 is 0 Å². The average molecular weight is 244 g/mol. The third kappa shape index (κ3) is 1.59. The Balaban J connectivity index is 2.15. The summed E-state index contributed by atoms with van der Waals surface area (Å²) in [6.45, 7) is 1.60. The van der Waals surface area contributed by atoms with Crippen LogP contribution < -0.4 is 15.4 Å². The third-order valence-electron chi connectivity index (χ3n) is 3.27. The molecule has 1 aliphatic rings. The lowest BCUT2D eigenvalue weighted by atomic mass is 10.1. The Hall–Kier alpha value is -2.17. The summed E-state index contributed by atoms with van der Waals surface area (Å²) in [5.74, 6) is 1.54. The topological polar surface area (TPSA) is 56.3 Å². The smallest absolute Gasteiger partial charge is 0.152 e. The first-order valence-corrected chi connectivity index (χ1v) is 5.93. The summed E-state index contributed by atoms with van der Waals surface area (Å²) in [6.07, 6.45) is 0. The maximum absolute atomic E-state index is 5.83. The number of anilines is 2. The molecule has 2 N–H and O–H groups in total. The number of fused-ring (bicyclic) bond motifs is 1. The molecule has 2 heterocycles. The molecule has 2 aromatic rings. The molecule has 1 aromatic heterocycles. The van der Waals surface area contributed by atoms with Gasteiger partial charge in [-0.2, -0.15) is 5.10 Å². The Morgan fingerprint density at radius 3 is 2.89 bits per heavy atom. The number of aromatic nitrogens is 2. The largest absolute Gasteiger partial charge is 0.489 e. The third-order valence-corrected chi connectivity index (χ3v) is 3.27. The molecule has 1 aliphatic heterocycles. The van der Waals surface area contributed by atoms with E-state index in [1.807, 2.05) is 25.2 Å². The SMILES string of the molecule is CN1CCOc2c(-c3cc(N)n(C)n3)cccc21. The first kappa shape index (κ1) is 11.0. The number of nitrogens with zero attached hydrogens (tertiary/aromatic N) is 3. The zero-order valence-corrected chi connectivity index (χ0v) is 10.6. The highest BCUT2D eigenvalue weighted by Crippen LogP contribution is 2.39. The molecule has 0 amide bonds. The van der Waals surface area contributed by atoms with E-state index in [4.69, 9.17) is 10.5 Å². The van der Waals surface area contributed by atoms with Crippen molar-refractivity contribution in [3.63, 3.8) is 0 Å². The van der Waals surface area contributed by atoms with E-state index in [2.05, 4.69) is 23.1 Å². The normalized spacial score (nSPS) is 14.2. The zero-order chi connectivity index (χ0) is 12.7. The Kier molecular flexibility index (Phi) is 2.40. The van der Waals surface area contributed by atoms with Crippen molar-refractivity contribution in [2.45, 2.75) is 0 Å². The van der Waals surface area contributed by atoms with Gasteiger partial charge in [-0.25, -0.2) is 0 Å². The Bertz CT molecular complexity index is 571. The van der Waals surface area contributed by atoms with Gasteiger partial charge in [-0.1, -0.05) is 6.07 Å². The molecule has 0 unspecified atom stereocenters. The van der Waals surface area contributed by atoms with E-state index in [0.717, 1.165) is 29.2 Å². The van der Waals surface area contributed by atoms with Crippen LogP contribution in [0, 0.1) is 0 Å². The van der Waals surface area contributed by atoms with Crippen LogP contribution in [0.5, 0.6) is 5.75 Å². The Morgan fingerprint density at radius 1 is 1.33 bits per heavy atom. The van der Waals surface area contributed by atoms with Crippen LogP contribution in [0.15, 0.2) is 24.3 Å². The van der Waals surface area contributed by atoms with E-state index in [9.17, 15) is 0 Å². The van der Waals surface area contributed by atoms with Crippen molar-refractivity contribution in [3.8, 4) is 17.0 Å². The molecule has 0 atom stereocenters. The fourth-order valence-electron chi connectivity index (χ4n) is 2.20. The molecule has 94 valence electrons.